The number of hydrogen-bond donors (Lipinski definition) is 1. The number of carbonyl (C=O) groups is 1. The van der Waals surface area contributed by atoms with Gasteiger partial charge in [-0.15, -0.1) is 0 Å². The van der Waals surface area contributed by atoms with Gasteiger partial charge >= 0.3 is 6.03 Å². The van der Waals surface area contributed by atoms with Gasteiger partial charge < -0.3 is 4.90 Å². The van der Waals surface area contributed by atoms with Gasteiger partial charge in [0.2, 0.25) is 0 Å². The molecule has 1 saturated carbocycles. The summed E-state index contributed by atoms with van der Waals surface area (Å²) in [7, 11) is 3.40. The van der Waals surface area contributed by atoms with Crippen LogP contribution < -0.4 is 5.43 Å². The summed E-state index contributed by atoms with van der Waals surface area (Å²) in [5.41, 5.74) is 3.55. The maximum Gasteiger partial charge on any atom is 0.337 e. The molecule has 1 aliphatic rings. The number of carbonyl (C=O) groups excluding carboxylic acids is 1. The van der Waals surface area contributed by atoms with E-state index in [1.54, 1.807) is 14.1 Å². The molecule has 0 spiro atoms. The number of rotatable bonds is 2. The summed E-state index contributed by atoms with van der Waals surface area (Å²) in [4.78, 5) is 12.6. The standard InChI is InChI=1S/C9H17N3O/c1-7(8-5-4-6-8)10-11-9(13)12(2)3/h8H,4-6H2,1-3H3,(H,11,13)/b10-7+. The van der Waals surface area contributed by atoms with Crippen molar-refractivity contribution in [3.8, 4) is 0 Å². The molecule has 13 heavy (non-hydrogen) atoms. The summed E-state index contributed by atoms with van der Waals surface area (Å²) < 4.78 is 0. The van der Waals surface area contributed by atoms with Crippen molar-refractivity contribution in [2.45, 2.75) is 26.2 Å². The average molecular weight is 183 g/mol. The highest BCUT2D eigenvalue weighted by molar-refractivity contribution is 5.86. The second-order valence-electron chi connectivity index (χ2n) is 3.69. The third-order valence-electron chi connectivity index (χ3n) is 2.43. The van der Waals surface area contributed by atoms with Crippen LogP contribution in [0.5, 0.6) is 0 Å². The molecule has 0 aromatic heterocycles. The molecule has 0 aliphatic heterocycles. The van der Waals surface area contributed by atoms with E-state index >= 15 is 0 Å². The molecule has 1 fully saturated rings. The molecule has 1 rings (SSSR count). The monoisotopic (exact) mass is 183 g/mol. The van der Waals surface area contributed by atoms with E-state index in [0.717, 1.165) is 5.71 Å². The minimum atomic E-state index is -0.168. The summed E-state index contributed by atoms with van der Waals surface area (Å²) in [6.07, 6.45) is 3.72. The highest BCUT2D eigenvalue weighted by Gasteiger charge is 2.20. The SMILES string of the molecule is C/C(=N\NC(=O)N(C)C)C1CCC1. The quantitative estimate of drug-likeness (QED) is 0.511. The van der Waals surface area contributed by atoms with Crippen molar-refractivity contribution in [3.63, 3.8) is 0 Å². The fourth-order valence-corrected chi connectivity index (χ4v) is 1.15. The number of hydrogen-bond acceptors (Lipinski definition) is 2. The second-order valence-corrected chi connectivity index (χ2v) is 3.69. The summed E-state index contributed by atoms with van der Waals surface area (Å²) in [5, 5.41) is 4.04. The van der Waals surface area contributed by atoms with E-state index in [2.05, 4.69) is 10.5 Å². The van der Waals surface area contributed by atoms with Crippen molar-refractivity contribution in [1.82, 2.24) is 10.3 Å². The Hall–Kier alpha value is -1.06. The number of urea groups is 1. The molecule has 74 valence electrons. The molecule has 0 aromatic carbocycles. The molecule has 0 bridgehead atoms. The van der Waals surface area contributed by atoms with E-state index in [1.807, 2.05) is 6.92 Å². The van der Waals surface area contributed by atoms with Crippen LogP contribution in [0, 0.1) is 5.92 Å². The van der Waals surface area contributed by atoms with Crippen LogP contribution in [0.25, 0.3) is 0 Å². The van der Waals surface area contributed by atoms with Gasteiger partial charge in [0.25, 0.3) is 0 Å². The predicted molar refractivity (Wildman–Crippen MR) is 52.7 cm³/mol. The Morgan fingerprint density at radius 1 is 1.46 bits per heavy atom. The number of nitrogens with zero attached hydrogens (tertiary/aromatic N) is 2. The minimum Gasteiger partial charge on any atom is -0.329 e. The molecule has 4 heteroatoms. The lowest BCUT2D eigenvalue weighted by molar-refractivity contribution is 0.218. The van der Waals surface area contributed by atoms with Gasteiger partial charge in [-0.2, -0.15) is 5.10 Å². The molecular formula is C9H17N3O. The Kier molecular flexibility index (Phi) is 3.28. The molecule has 0 saturated heterocycles. The first kappa shape index (κ1) is 10.0. The van der Waals surface area contributed by atoms with Crippen LogP contribution in [-0.2, 0) is 0 Å². The second kappa shape index (κ2) is 4.25. The van der Waals surface area contributed by atoms with Gasteiger partial charge in [-0.05, 0) is 25.7 Å². The zero-order chi connectivity index (χ0) is 9.84. The Bertz CT molecular complexity index is 219. The van der Waals surface area contributed by atoms with Crippen LogP contribution in [0.1, 0.15) is 26.2 Å². The Balaban J connectivity index is 2.33. The van der Waals surface area contributed by atoms with E-state index in [9.17, 15) is 4.79 Å². The van der Waals surface area contributed by atoms with E-state index in [1.165, 1.54) is 24.2 Å². The first-order chi connectivity index (χ1) is 6.11. The van der Waals surface area contributed by atoms with Gasteiger partial charge in [0.15, 0.2) is 0 Å². The molecule has 0 heterocycles. The number of nitrogens with one attached hydrogen (secondary N) is 1. The highest BCUT2D eigenvalue weighted by Crippen LogP contribution is 2.27. The molecule has 2 amide bonds. The molecule has 4 nitrogen and oxygen atoms in total. The molecule has 0 atom stereocenters. The fourth-order valence-electron chi connectivity index (χ4n) is 1.15. The number of hydrazone groups is 1. The van der Waals surface area contributed by atoms with Crippen LogP contribution >= 0.6 is 0 Å². The van der Waals surface area contributed by atoms with Gasteiger partial charge in [-0.25, -0.2) is 10.2 Å². The molecule has 1 aliphatic carbocycles. The van der Waals surface area contributed by atoms with Crippen molar-refractivity contribution in [2.75, 3.05) is 14.1 Å². The molecule has 0 aromatic rings. The Morgan fingerprint density at radius 3 is 2.46 bits per heavy atom. The summed E-state index contributed by atoms with van der Waals surface area (Å²) >= 11 is 0. The van der Waals surface area contributed by atoms with E-state index in [4.69, 9.17) is 0 Å². The van der Waals surface area contributed by atoms with Gasteiger partial charge in [0, 0.05) is 19.8 Å². The molecule has 0 radical (unpaired) electrons. The fraction of sp³-hybridized carbons (Fsp3) is 0.778. The largest absolute Gasteiger partial charge is 0.337 e. The Morgan fingerprint density at radius 2 is 2.08 bits per heavy atom. The zero-order valence-corrected chi connectivity index (χ0v) is 8.50. The van der Waals surface area contributed by atoms with Crippen molar-refractivity contribution in [2.24, 2.45) is 11.0 Å². The third kappa shape index (κ3) is 2.72. The molecule has 1 N–H and O–H groups in total. The first-order valence-corrected chi connectivity index (χ1v) is 4.62. The zero-order valence-electron chi connectivity index (χ0n) is 8.50. The van der Waals surface area contributed by atoms with Crippen LogP contribution in [0.3, 0.4) is 0 Å². The van der Waals surface area contributed by atoms with Crippen LogP contribution in [0.2, 0.25) is 0 Å². The maximum atomic E-state index is 11.1. The first-order valence-electron chi connectivity index (χ1n) is 4.62. The molecular weight excluding hydrogens is 166 g/mol. The third-order valence-corrected chi connectivity index (χ3v) is 2.43. The van der Waals surface area contributed by atoms with Gasteiger partial charge in [0.1, 0.15) is 0 Å². The van der Waals surface area contributed by atoms with Crippen molar-refractivity contribution < 1.29 is 4.79 Å². The lowest BCUT2D eigenvalue weighted by Gasteiger charge is -2.24. The van der Waals surface area contributed by atoms with Crippen molar-refractivity contribution >= 4 is 11.7 Å². The topological polar surface area (TPSA) is 44.7 Å². The van der Waals surface area contributed by atoms with Gasteiger partial charge in [-0.3, -0.25) is 0 Å². The van der Waals surface area contributed by atoms with E-state index < -0.39 is 0 Å². The summed E-state index contributed by atoms with van der Waals surface area (Å²) in [6, 6.07) is -0.168. The Labute approximate surface area is 79.0 Å². The lowest BCUT2D eigenvalue weighted by Crippen LogP contribution is -2.32. The van der Waals surface area contributed by atoms with Crippen molar-refractivity contribution in [1.29, 1.82) is 0 Å². The predicted octanol–water partition coefficient (Wildman–Crippen LogP) is 1.43. The smallest absolute Gasteiger partial charge is 0.329 e. The van der Waals surface area contributed by atoms with Crippen LogP contribution in [0.15, 0.2) is 5.10 Å². The summed E-state index contributed by atoms with van der Waals surface area (Å²) in [6.45, 7) is 1.97. The van der Waals surface area contributed by atoms with Crippen LogP contribution in [-0.4, -0.2) is 30.7 Å². The van der Waals surface area contributed by atoms with Crippen LogP contribution in [0.4, 0.5) is 4.79 Å². The van der Waals surface area contributed by atoms with Gasteiger partial charge in [-0.1, -0.05) is 6.42 Å². The van der Waals surface area contributed by atoms with E-state index in [-0.39, 0.29) is 6.03 Å². The van der Waals surface area contributed by atoms with Gasteiger partial charge in [0.05, 0.1) is 0 Å². The average Bonchev–Trinajstić information content (AvgIpc) is 1.96. The normalized spacial score (nSPS) is 17.9. The molecule has 0 unspecified atom stereocenters. The maximum absolute atomic E-state index is 11.1. The highest BCUT2D eigenvalue weighted by atomic mass is 16.2. The summed E-state index contributed by atoms with van der Waals surface area (Å²) in [5.74, 6) is 0.600. The lowest BCUT2D eigenvalue weighted by atomic mass is 9.82. The van der Waals surface area contributed by atoms with Crippen molar-refractivity contribution in [3.05, 3.63) is 0 Å². The number of amides is 2. The van der Waals surface area contributed by atoms with E-state index in [0.29, 0.717) is 5.92 Å². The minimum absolute atomic E-state index is 0.168.